The van der Waals surface area contributed by atoms with Gasteiger partial charge in [0.05, 0.1) is 0 Å². The molecule has 1 heteroatoms. The third kappa shape index (κ3) is 7.83. The Labute approximate surface area is 125 Å². The predicted octanol–water partition coefficient (Wildman–Crippen LogP) is 5.60. The van der Waals surface area contributed by atoms with Crippen molar-refractivity contribution in [3.63, 3.8) is 0 Å². The summed E-state index contributed by atoms with van der Waals surface area (Å²) in [5.41, 5.74) is 1.27. The Morgan fingerprint density at radius 1 is 0.900 bits per heavy atom. The van der Waals surface area contributed by atoms with E-state index >= 15 is 0 Å². The van der Waals surface area contributed by atoms with E-state index in [1.54, 1.807) is 0 Å². The molecule has 1 aromatic rings. The molecule has 0 N–H and O–H groups in total. The van der Waals surface area contributed by atoms with Crippen molar-refractivity contribution >= 4 is 5.69 Å². The molecule has 0 aliphatic carbocycles. The van der Waals surface area contributed by atoms with Crippen molar-refractivity contribution in [2.45, 2.75) is 45.4 Å². The van der Waals surface area contributed by atoms with Crippen LogP contribution in [0.25, 0.3) is 0 Å². The Bertz CT molecular complexity index is 378. The van der Waals surface area contributed by atoms with Gasteiger partial charge in [-0.25, -0.2) is 0 Å². The van der Waals surface area contributed by atoms with E-state index in [2.05, 4.69) is 73.5 Å². The van der Waals surface area contributed by atoms with Gasteiger partial charge in [-0.1, -0.05) is 68.7 Å². The van der Waals surface area contributed by atoms with Crippen molar-refractivity contribution in [3.8, 4) is 0 Å². The lowest BCUT2D eigenvalue weighted by Gasteiger charge is -2.16. The molecule has 0 radical (unpaired) electrons. The van der Waals surface area contributed by atoms with Gasteiger partial charge in [0.25, 0.3) is 0 Å². The second-order valence-corrected chi connectivity index (χ2v) is 5.24. The zero-order valence-electron chi connectivity index (χ0n) is 13.1. The molecule has 0 atom stereocenters. The molecule has 20 heavy (non-hydrogen) atoms. The van der Waals surface area contributed by atoms with Crippen LogP contribution in [0.15, 0.2) is 54.6 Å². The lowest BCUT2D eigenvalue weighted by Crippen LogP contribution is -2.16. The van der Waals surface area contributed by atoms with E-state index in [-0.39, 0.29) is 0 Å². The van der Waals surface area contributed by atoms with Gasteiger partial charge in [0.2, 0.25) is 0 Å². The quantitative estimate of drug-likeness (QED) is 0.396. The molecule has 1 nitrogen and oxygen atoms in total. The number of hydrogen-bond acceptors (Lipinski definition) is 1. The number of nitrogens with zero attached hydrogens (tertiary/aromatic N) is 1. The molecule has 0 fully saturated rings. The van der Waals surface area contributed by atoms with Crippen LogP contribution in [-0.2, 0) is 0 Å². The molecule has 0 heterocycles. The smallest absolute Gasteiger partial charge is 0.0366 e. The summed E-state index contributed by atoms with van der Waals surface area (Å²) in [7, 11) is 2.13. The van der Waals surface area contributed by atoms with E-state index in [0.717, 1.165) is 13.0 Å². The Kier molecular flexibility index (Phi) is 9.38. The number of likely N-dealkylation sites (N-methyl/N-ethyl adjacent to an activating group) is 1. The lowest BCUT2D eigenvalue weighted by atomic mass is 10.1. The van der Waals surface area contributed by atoms with Crippen LogP contribution in [0.2, 0.25) is 0 Å². The molecular weight excluding hydrogens is 242 g/mol. The van der Waals surface area contributed by atoms with Gasteiger partial charge in [0, 0.05) is 19.3 Å². The minimum atomic E-state index is 0.967. The minimum Gasteiger partial charge on any atom is -0.371 e. The van der Waals surface area contributed by atoms with Crippen molar-refractivity contribution in [2.24, 2.45) is 0 Å². The average molecular weight is 271 g/mol. The molecule has 0 saturated heterocycles. The molecule has 0 aliphatic heterocycles. The third-order valence-corrected chi connectivity index (χ3v) is 3.41. The van der Waals surface area contributed by atoms with Crippen molar-refractivity contribution in [2.75, 3.05) is 18.5 Å². The van der Waals surface area contributed by atoms with E-state index in [9.17, 15) is 0 Å². The molecule has 1 aromatic carbocycles. The molecule has 0 spiro atoms. The summed E-state index contributed by atoms with van der Waals surface area (Å²) in [6, 6.07) is 10.5. The number of unbranched alkanes of at least 4 members (excludes halogenated alkanes) is 4. The first-order valence-corrected chi connectivity index (χ1v) is 7.90. The molecular formula is C19H29N. The van der Waals surface area contributed by atoms with Crippen LogP contribution in [0.3, 0.4) is 0 Å². The molecule has 0 saturated carbocycles. The summed E-state index contributed by atoms with van der Waals surface area (Å²) in [5, 5.41) is 0. The highest BCUT2D eigenvalue weighted by Gasteiger charge is 1.94. The number of hydrogen-bond donors (Lipinski definition) is 0. The number of anilines is 1. The molecule has 0 amide bonds. The third-order valence-electron chi connectivity index (χ3n) is 3.41. The van der Waals surface area contributed by atoms with Gasteiger partial charge in [-0.05, 0) is 31.4 Å². The average Bonchev–Trinajstić information content (AvgIpc) is 2.50. The van der Waals surface area contributed by atoms with Crippen LogP contribution in [-0.4, -0.2) is 13.6 Å². The Morgan fingerprint density at radius 3 is 2.40 bits per heavy atom. The number of benzene rings is 1. The highest BCUT2D eigenvalue weighted by atomic mass is 15.1. The summed E-state index contributed by atoms with van der Waals surface area (Å²) in [6.45, 7) is 3.22. The number of para-hydroxylation sites is 1. The normalized spacial score (nSPS) is 11.5. The predicted molar refractivity (Wildman–Crippen MR) is 91.4 cm³/mol. The van der Waals surface area contributed by atoms with Crippen LogP contribution in [0, 0.1) is 0 Å². The van der Waals surface area contributed by atoms with Crippen LogP contribution >= 0.6 is 0 Å². The number of allylic oxidation sites excluding steroid dienone is 3. The summed E-state index contributed by atoms with van der Waals surface area (Å²) in [4.78, 5) is 2.25. The fraction of sp³-hybridized carbons (Fsp3) is 0.474. The zero-order valence-corrected chi connectivity index (χ0v) is 13.1. The van der Waals surface area contributed by atoms with Crippen LogP contribution < -0.4 is 4.90 Å². The van der Waals surface area contributed by atoms with E-state index < -0.39 is 0 Å². The molecule has 0 unspecified atom stereocenters. The largest absolute Gasteiger partial charge is 0.371 e. The van der Waals surface area contributed by atoms with E-state index in [0.29, 0.717) is 0 Å². The summed E-state index contributed by atoms with van der Waals surface area (Å²) in [6.07, 6.45) is 16.8. The van der Waals surface area contributed by atoms with Crippen molar-refractivity contribution < 1.29 is 0 Å². The maximum atomic E-state index is 2.32. The maximum Gasteiger partial charge on any atom is 0.0366 e. The van der Waals surface area contributed by atoms with Crippen molar-refractivity contribution in [3.05, 3.63) is 54.6 Å². The Balaban J connectivity index is 2.08. The second-order valence-electron chi connectivity index (χ2n) is 5.24. The molecule has 0 aromatic heterocycles. The van der Waals surface area contributed by atoms with Gasteiger partial charge in [-0.3, -0.25) is 0 Å². The maximum absolute atomic E-state index is 2.32. The van der Waals surface area contributed by atoms with Crippen molar-refractivity contribution in [1.82, 2.24) is 0 Å². The standard InChI is InChI=1S/C19H29N/c1-3-4-5-6-7-8-9-10-11-15-18-20(2)19-16-13-12-14-17-19/h8-9,11-17H,3-7,10,18H2,1-2H3/b9-8+,15-11-. The molecule has 0 aliphatic rings. The SMILES string of the molecule is CCCCCC/C=C/C/C=C\CN(C)c1ccccc1. The number of rotatable bonds is 10. The summed E-state index contributed by atoms with van der Waals surface area (Å²) < 4.78 is 0. The highest BCUT2D eigenvalue weighted by Crippen LogP contribution is 2.10. The van der Waals surface area contributed by atoms with Crippen LogP contribution in [0.4, 0.5) is 5.69 Å². The first-order valence-electron chi connectivity index (χ1n) is 7.90. The summed E-state index contributed by atoms with van der Waals surface area (Å²) in [5.74, 6) is 0. The van der Waals surface area contributed by atoms with Crippen LogP contribution in [0.5, 0.6) is 0 Å². The monoisotopic (exact) mass is 271 g/mol. The van der Waals surface area contributed by atoms with Gasteiger partial charge in [-0.15, -0.1) is 0 Å². The zero-order chi connectivity index (χ0) is 14.5. The Hall–Kier alpha value is -1.50. The fourth-order valence-corrected chi connectivity index (χ4v) is 2.10. The highest BCUT2D eigenvalue weighted by molar-refractivity contribution is 5.45. The van der Waals surface area contributed by atoms with E-state index in [4.69, 9.17) is 0 Å². The lowest BCUT2D eigenvalue weighted by molar-refractivity contribution is 0.674. The topological polar surface area (TPSA) is 3.24 Å². The van der Waals surface area contributed by atoms with Gasteiger partial charge < -0.3 is 4.90 Å². The fourth-order valence-electron chi connectivity index (χ4n) is 2.10. The molecule has 1 rings (SSSR count). The molecule has 110 valence electrons. The molecule has 0 bridgehead atoms. The van der Waals surface area contributed by atoms with E-state index in [1.807, 2.05) is 0 Å². The minimum absolute atomic E-state index is 0.967. The van der Waals surface area contributed by atoms with E-state index in [1.165, 1.54) is 37.8 Å². The second kappa shape index (κ2) is 11.3. The van der Waals surface area contributed by atoms with Crippen molar-refractivity contribution in [1.29, 1.82) is 0 Å². The van der Waals surface area contributed by atoms with Gasteiger partial charge >= 0.3 is 0 Å². The van der Waals surface area contributed by atoms with Gasteiger partial charge in [0.1, 0.15) is 0 Å². The van der Waals surface area contributed by atoms with Gasteiger partial charge in [-0.2, -0.15) is 0 Å². The first kappa shape index (κ1) is 16.6. The summed E-state index contributed by atoms with van der Waals surface area (Å²) >= 11 is 0. The Morgan fingerprint density at radius 2 is 1.65 bits per heavy atom. The van der Waals surface area contributed by atoms with Crippen LogP contribution in [0.1, 0.15) is 45.4 Å². The first-order chi connectivity index (χ1) is 9.84. The van der Waals surface area contributed by atoms with Gasteiger partial charge in [0.15, 0.2) is 0 Å².